The Bertz CT molecular complexity index is 1550. The van der Waals surface area contributed by atoms with Gasteiger partial charge in [0.1, 0.15) is 16.4 Å². The minimum Gasteiger partial charge on any atom is -0.423 e. The van der Waals surface area contributed by atoms with Crippen LogP contribution in [-0.2, 0) is 10.1 Å². The van der Waals surface area contributed by atoms with Crippen molar-refractivity contribution < 1.29 is 32.0 Å². The van der Waals surface area contributed by atoms with Crippen molar-refractivity contribution in [3.8, 4) is 11.5 Å². The van der Waals surface area contributed by atoms with E-state index in [1.807, 2.05) is 19.1 Å². The lowest BCUT2D eigenvalue weighted by Crippen LogP contribution is -2.14. The van der Waals surface area contributed by atoms with E-state index in [9.17, 15) is 22.6 Å². The van der Waals surface area contributed by atoms with E-state index in [0.717, 1.165) is 5.56 Å². The maximum Gasteiger partial charge on any atom is 0.344 e. The molecule has 0 unspecified atom stereocenters. The Morgan fingerprint density at radius 1 is 0.771 bits per heavy atom. The van der Waals surface area contributed by atoms with Crippen molar-refractivity contribution in [1.29, 1.82) is 0 Å². The summed E-state index contributed by atoms with van der Waals surface area (Å²) in [6.45, 7) is 1.92. The molecule has 0 saturated carbocycles. The standard InChI is InChI=1S/C25H16I2O7S/c1-14-8-10-16(11-9-14)33-24(28)18-6-2-4-15-5-3-7-19(22(15)18)25(29)34-17-12-20(26)23(21(27)13-17)35(30,31)32/h2-13H,1H3,(H,30,31,32). The van der Waals surface area contributed by atoms with E-state index in [-0.39, 0.29) is 28.9 Å². The number of hydrogen-bond acceptors (Lipinski definition) is 6. The third kappa shape index (κ3) is 5.66. The molecule has 0 heterocycles. The largest absolute Gasteiger partial charge is 0.423 e. The molecule has 7 nitrogen and oxygen atoms in total. The number of aryl methyl sites for hydroxylation is 1. The molecule has 0 saturated heterocycles. The maximum atomic E-state index is 13.2. The average Bonchev–Trinajstić information content (AvgIpc) is 2.78. The number of halogens is 2. The van der Waals surface area contributed by atoms with Gasteiger partial charge in [-0.3, -0.25) is 4.55 Å². The second-order valence-electron chi connectivity index (χ2n) is 7.49. The fourth-order valence-corrected chi connectivity index (χ4v) is 7.44. The molecule has 4 aromatic carbocycles. The summed E-state index contributed by atoms with van der Waals surface area (Å²) in [6, 6.07) is 19.7. The third-order valence-corrected chi connectivity index (χ3v) is 8.41. The molecule has 178 valence electrons. The van der Waals surface area contributed by atoms with Gasteiger partial charge in [-0.05, 0) is 93.9 Å². The van der Waals surface area contributed by atoms with Gasteiger partial charge in [0.2, 0.25) is 0 Å². The highest BCUT2D eigenvalue weighted by atomic mass is 127. The van der Waals surface area contributed by atoms with Crippen LogP contribution in [0.2, 0.25) is 0 Å². The average molecular weight is 714 g/mol. The van der Waals surface area contributed by atoms with Crippen LogP contribution in [0.15, 0.2) is 77.7 Å². The predicted molar refractivity (Wildman–Crippen MR) is 147 cm³/mol. The summed E-state index contributed by atoms with van der Waals surface area (Å²) in [6.07, 6.45) is 0. The molecule has 0 aliphatic carbocycles. The van der Waals surface area contributed by atoms with Crippen LogP contribution < -0.4 is 9.47 Å². The SMILES string of the molecule is Cc1ccc(OC(=O)c2cccc3cccc(C(=O)Oc4cc(I)c(S(=O)(=O)O)c(I)c4)c23)cc1. The lowest BCUT2D eigenvalue weighted by molar-refractivity contribution is 0.0734. The molecule has 0 atom stereocenters. The van der Waals surface area contributed by atoms with Crippen LogP contribution in [0, 0.1) is 14.1 Å². The number of benzene rings is 4. The van der Waals surface area contributed by atoms with E-state index < -0.39 is 22.1 Å². The van der Waals surface area contributed by atoms with Gasteiger partial charge in [0.25, 0.3) is 10.1 Å². The van der Waals surface area contributed by atoms with Gasteiger partial charge < -0.3 is 9.47 Å². The van der Waals surface area contributed by atoms with Gasteiger partial charge in [0.05, 0.1) is 11.1 Å². The molecule has 0 spiro atoms. The molecule has 0 radical (unpaired) electrons. The maximum absolute atomic E-state index is 13.2. The predicted octanol–water partition coefficient (Wildman–Crippen LogP) is 6.04. The summed E-state index contributed by atoms with van der Waals surface area (Å²) in [5, 5.41) is 1.01. The molecule has 0 aliphatic heterocycles. The van der Waals surface area contributed by atoms with Crippen LogP contribution in [0.25, 0.3) is 10.8 Å². The van der Waals surface area contributed by atoms with Crippen LogP contribution in [-0.4, -0.2) is 24.9 Å². The van der Waals surface area contributed by atoms with E-state index >= 15 is 0 Å². The van der Waals surface area contributed by atoms with Gasteiger partial charge in [0.15, 0.2) is 0 Å². The van der Waals surface area contributed by atoms with Gasteiger partial charge in [-0.15, -0.1) is 0 Å². The number of ether oxygens (including phenoxy) is 2. The van der Waals surface area contributed by atoms with E-state index in [1.165, 1.54) is 18.2 Å². The molecular weight excluding hydrogens is 698 g/mol. The van der Waals surface area contributed by atoms with E-state index in [4.69, 9.17) is 9.47 Å². The smallest absolute Gasteiger partial charge is 0.344 e. The highest BCUT2D eigenvalue weighted by Gasteiger charge is 2.23. The first kappa shape index (κ1) is 25.5. The Balaban J connectivity index is 1.71. The van der Waals surface area contributed by atoms with Crippen molar-refractivity contribution in [3.63, 3.8) is 0 Å². The first-order valence-corrected chi connectivity index (χ1v) is 13.6. The van der Waals surface area contributed by atoms with Crippen LogP contribution in [0.5, 0.6) is 11.5 Å². The summed E-state index contributed by atoms with van der Waals surface area (Å²) in [5.41, 5.74) is 1.36. The van der Waals surface area contributed by atoms with Crippen LogP contribution in [0.3, 0.4) is 0 Å². The van der Waals surface area contributed by atoms with Gasteiger partial charge in [0, 0.05) is 12.5 Å². The quantitative estimate of drug-likeness (QED) is 0.116. The summed E-state index contributed by atoms with van der Waals surface area (Å²) in [5.74, 6) is -0.896. The van der Waals surface area contributed by atoms with E-state index in [1.54, 1.807) is 87.6 Å². The second kappa shape index (κ2) is 10.2. The zero-order chi connectivity index (χ0) is 25.3. The second-order valence-corrected chi connectivity index (χ2v) is 11.2. The molecule has 35 heavy (non-hydrogen) atoms. The Labute approximate surface area is 228 Å². The number of esters is 2. The first-order chi connectivity index (χ1) is 16.5. The molecule has 1 N–H and O–H groups in total. The van der Waals surface area contributed by atoms with Gasteiger partial charge >= 0.3 is 11.9 Å². The lowest BCUT2D eigenvalue weighted by atomic mass is 9.99. The van der Waals surface area contributed by atoms with Gasteiger partial charge in [-0.25, -0.2) is 9.59 Å². The molecule has 10 heteroatoms. The van der Waals surface area contributed by atoms with Crippen molar-refractivity contribution in [2.45, 2.75) is 11.8 Å². The molecule has 0 fully saturated rings. The van der Waals surface area contributed by atoms with Crippen LogP contribution in [0.1, 0.15) is 26.3 Å². The van der Waals surface area contributed by atoms with Gasteiger partial charge in [-0.2, -0.15) is 8.42 Å². The molecule has 4 rings (SSSR count). The first-order valence-electron chi connectivity index (χ1n) is 10.0. The Kier molecular flexibility index (Phi) is 7.45. The minimum absolute atomic E-state index is 0.0907. The highest BCUT2D eigenvalue weighted by Crippen LogP contribution is 2.31. The van der Waals surface area contributed by atoms with Crippen molar-refractivity contribution in [1.82, 2.24) is 0 Å². The van der Waals surface area contributed by atoms with Gasteiger partial charge in [-0.1, -0.05) is 42.0 Å². The molecule has 4 aromatic rings. The number of rotatable bonds is 5. The van der Waals surface area contributed by atoms with Crippen LogP contribution in [0.4, 0.5) is 0 Å². The van der Waals surface area contributed by atoms with Crippen molar-refractivity contribution in [2.75, 3.05) is 0 Å². The van der Waals surface area contributed by atoms with Crippen molar-refractivity contribution in [2.24, 2.45) is 0 Å². The number of fused-ring (bicyclic) bond motifs is 1. The molecule has 0 amide bonds. The molecule has 0 bridgehead atoms. The summed E-state index contributed by atoms with van der Waals surface area (Å²) < 4.78 is 44.1. The minimum atomic E-state index is -4.44. The topological polar surface area (TPSA) is 107 Å². The number of carbonyl (C=O) groups is 2. The number of hydrogen-bond donors (Lipinski definition) is 1. The monoisotopic (exact) mass is 714 g/mol. The highest BCUT2D eigenvalue weighted by molar-refractivity contribution is 14.1. The zero-order valence-corrected chi connectivity index (χ0v) is 23.1. The zero-order valence-electron chi connectivity index (χ0n) is 18.0. The van der Waals surface area contributed by atoms with E-state index in [2.05, 4.69) is 0 Å². The molecule has 0 aliphatic rings. The normalized spacial score (nSPS) is 11.3. The summed E-state index contributed by atoms with van der Waals surface area (Å²) in [7, 11) is -4.44. The van der Waals surface area contributed by atoms with Crippen molar-refractivity contribution in [3.05, 3.63) is 96.6 Å². The summed E-state index contributed by atoms with van der Waals surface area (Å²) in [4.78, 5) is 25.9. The fourth-order valence-electron chi connectivity index (χ4n) is 3.45. The Morgan fingerprint density at radius 3 is 1.74 bits per heavy atom. The van der Waals surface area contributed by atoms with Crippen LogP contribution >= 0.6 is 45.2 Å². The third-order valence-electron chi connectivity index (χ3n) is 5.02. The van der Waals surface area contributed by atoms with Crippen molar-refractivity contribution >= 4 is 78.0 Å². The number of carbonyl (C=O) groups excluding carboxylic acids is 2. The molecular formula is C25H16I2O7S. The van der Waals surface area contributed by atoms with E-state index in [0.29, 0.717) is 16.5 Å². The lowest BCUT2D eigenvalue weighted by Gasteiger charge is -2.12. The Hall–Kier alpha value is -2.55. The molecule has 0 aromatic heterocycles. The Morgan fingerprint density at radius 2 is 1.26 bits per heavy atom. The fraction of sp³-hybridized carbons (Fsp3) is 0.0400. The summed E-state index contributed by atoms with van der Waals surface area (Å²) >= 11 is 3.48.